The Labute approximate surface area is 174 Å². The third-order valence-corrected chi connectivity index (χ3v) is 5.88. The average molecular weight is 405 g/mol. The van der Waals surface area contributed by atoms with E-state index < -0.39 is 0 Å². The Hall–Kier alpha value is -1.99. The lowest BCUT2D eigenvalue weighted by molar-refractivity contribution is 0.136. The van der Waals surface area contributed by atoms with Crippen LogP contribution in [0.25, 0.3) is 0 Å². The first-order chi connectivity index (χ1) is 14.1. The van der Waals surface area contributed by atoms with Crippen molar-refractivity contribution in [3.8, 4) is 11.5 Å². The Bertz CT molecular complexity index is 660. The van der Waals surface area contributed by atoms with Crippen molar-refractivity contribution in [2.75, 3.05) is 40.4 Å². The Balaban J connectivity index is 1.53. The summed E-state index contributed by atoms with van der Waals surface area (Å²) in [5, 5.41) is 17.0. The first kappa shape index (κ1) is 21.7. The molecule has 7 heteroatoms. The molecule has 1 aromatic carbocycles. The largest absolute Gasteiger partial charge is 0.497 e. The molecule has 0 aromatic heterocycles. The highest BCUT2D eigenvalue weighted by atomic mass is 16.5. The first-order valence-corrected chi connectivity index (χ1v) is 10.8. The summed E-state index contributed by atoms with van der Waals surface area (Å²) < 4.78 is 10.8. The minimum Gasteiger partial charge on any atom is -0.497 e. The van der Waals surface area contributed by atoms with Crippen molar-refractivity contribution >= 4 is 5.96 Å². The first-order valence-electron chi connectivity index (χ1n) is 10.8. The Morgan fingerprint density at radius 1 is 1.17 bits per heavy atom. The number of benzene rings is 1. The third kappa shape index (κ3) is 6.24. The summed E-state index contributed by atoms with van der Waals surface area (Å²) in [7, 11) is 3.36. The molecule has 0 bridgehead atoms. The maximum Gasteiger partial charge on any atom is 0.191 e. The van der Waals surface area contributed by atoms with Gasteiger partial charge >= 0.3 is 0 Å². The van der Waals surface area contributed by atoms with Crippen molar-refractivity contribution in [1.29, 1.82) is 0 Å². The molecule has 2 fully saturated rings. The fourth-order valence-electron chi connectivity index (χ4n) is 4.26. The molecule has 3 atom stereocenters. The SMILES string of the molecule is CCNC(=NCC1CCCC1O)NC1CCN(Cc2cc(OC)cc(OC)c2)C1. The quantitative estimate of drug-likeness (QED) is 0.454. The minimum absolute atomic E-state index is 0.191. The van der Waals surface area contributed by atoms with Gasteiger partial charge in [0.25, 0.3) is 0 Å². The number of guanidine groups is 1. The van der Waals surface area contributed by atoms with Gasteiger partial charge in [0.1, 0.15) is 11.5 Å². The summed E-state index contributed by atoms with van der Waals surface area (Å²) in [6.07, 6.45) is 3.99. The standard InChI is InChI=1S/C22H36N4O3/c1-4-23-22(24-13-17-6-5-7-21(17)27)25-18-8-9-26(15-18)14-16-10-19(28-2)12-20(11-16)29-3/h10-12,17-18,21,27H,4-9,13-15H2,1-3H3,(H2,23,24,25). The van der Waals surface area contributed by atoms with Gasteiger partial charge in [-0.3, -0.25) is 9.89 Å². The molecule has 162 valence electrons. The van der Waals surface area contributed by atoms with Gasteiger partial charge in [0.05, 0.1) is 20.3 Å². The molecule has 2 aliphatic rings. The van der Waals surface area contributed by atoms with Crippen LogP contribution in [0, 0.1) is 5.92 Å². The van der Waals surface area contributed by atoms with Gasteiger partial charge in [-0.25, -0.2) is 0 Å². The minimum atomic E-state index is -0.191. The topological polar surface area (TPSA) is 78.4 Å². The van der Waals surface area contributed by atoms with Gasteiger partial charge in [0.15, 0.2) is 5.96 Å². The number of rotatable bonds is 8. The van der Waals surface area contributed by atoms with E-state index in [1.807, 2.05) is 6.07 Å². The van der Waals surface area contributed by atoms with E-state index in [1.54, 1.807) is 14.2 Å². The molecule has 3 N–H and O–H groups in total. The summed E-state index contributed by atoms with van der Waals surface area (Å²) in [4.78, 5) is 7.19. The lowest BCUT2D eigenvalue weighted by Crippen LogP contribution is -2.44. The molecule has 1 saturated heterocycles. The molecule has 1 saturated carbocycles. The molecule has 1 heterocycles. The lowest BCUT2D eigenvalue weighted by Gasteiger charge is -2.20. The van der Waals surface area contributed by atoms with Crippen LogP contribution < -0.4 is 20.1 Å². The molecule has 1 aliphatic carbocycles. The number of nitrogens with one attached hydrogen (secondary N) is 2. The van der Waals surface area contributed by atoms with E-state index in [9.17, 15) is 5.11 Å². The number of aliphatic hydroxyl groups is 1. The van der Waals surface area contributed by atoms with Crippen molar-refractivity contribution in [1.82, 2.24) is 15.5 Å². The number of aliphatic hydroxyl groups excluding tert-OH is 1. The number of nitrogens with zero attached hydrogens (tertiary/aromatic N) is 2. The number of hydrogen-bond donors (Lipinski definition) is 3. The predicted octanol–water partition coefficient (Wildman–Crippen LogP) is 1.99. The maximum atomic E-state index is 10.0. The number of ether oxygens (including phenoxy) is 2. The van der Waals surface area contributed by atoms with Crippen molar-refractivity contribution < 1.29 is 14.6 Å². The molecule has 0 radical (unpaired) electrons. The van der Waals surface area contributed by atoms with Crippen molar-refractivity contribution in [2.24, 2.45) is 10.9 Å². The van der Waals surface area contributed by atoms with Crippen LogP contribution in [0.5, 0.6) is 11.5 Å². The van der Waals surface area contributed by atoms with Gasteiger partial charge in [-0.2, -0.15) is 0 Å². The predicted molar refractivity (Wildman–Crippen MR) is 116 cm³/mol. The van der Waals surface area contributed by atoms with Gasteiger partial charge in [0.2, 0.25) is 0 Å². The van der Waals surface area contributed by atoms with Crippen molar-refractivity contribution in [3.63, 3.8) is 0 Å². The highest BCUT2D eigenvalue weighted by Gasteiger charge is 2.26. The van der Waals surface area contributed by atoms with Gasteiger partial charge in [-0.05, 0) is 43.9 Å². The fourth-order valence-corrected chi connectivity index (χ4v) is 4.26. The van der Waals surface area contributed by atoms with E-state index in [0.717, 1.165) is 69.3 Å². The van der Waals surface area contributed by atoms with E-state index in [4.69, 9.17) is 14.5 Å². The van der Waals surface area contributed by atoms with E-state index in [-0.39, 0.29) is 6.10 Å². The maximum absolute atomic E-state index is 10.0. The van der Waals surface area contributed by atoms with Crippen molar-refractivity contribution in [3.05, 3.63) is 23.8 Å². The Morgan fingerprint density at radius 2 is 1.93 bits per heavy atom. The van der Waals surface area contributed by atoms with Gasteiger partial charge in [0, 0.05) is 50.7 Å². The molecule has 0 spiro atoms. The zero-order valence-electron chi connectivity index (χ0n) is 18.0. The second kappa shape index (κ2) is 10.7. The summed E-state index contributed by atoms with van der Waals surface area (Å²) >= 11 is 0. The van der Waals surface area contributed by atoms with Crippen LogP contribution in [0.15, 0.2) is 23.2 Å². The van der Waals surface area contributed by atoms with E-state index in [0.29, 0.717) is 18.5 Å². The molecule has 29 heavy (non-hydrogen) atoms. The van der Waals surface area contributed by atoms with E-state index in [2.05, 4.69) is 34.6 Å². The van der Waals surface area contributed by atoms with Gasteiger partial charge in [-0.1, -0.05) is 6.42 Å². The number of methoxy groups -OCH3 is 2. The molecule has 7 nitrogen and oxygen atoms in total. The van der Waals surface area contributed by atoms with Crippen LogP contribution in [-0.4, -0.2) is 68.5 Å². The molecule has 3 rings (SSSR count). The summed E-state index contributed by atoms with van der Waals surface area (Å²) in [5.41, 5.74) is 1.19. The summed E-state index contributed by atoms with van der Waals surface area (Å²) in [5.74, 6) is 2.81. The normalized spacial score (nSPS) is 25.2. The molecule has 0 amide bonds. The third-order valence-electron chi connectivity index (χ3n) is 5.88. The smallest absolute Gasteiger partial charge is 0.191 e. The molecule has 1 aromatic rings. The second-order valence-electron chi connectivity index (χ2n) is 8.06. The highest BCUT2D eigenvalue weighted by Crippen LogP contribution is 2.26. The molecule has 1 aliphatic heterocycles. The molecule has 3 unspecified atom stereocenters. The van der Waals surface area contributed by atoms with Crippen LogP contribution in [0.2, 0.25) is 0 Å². The van der Waals surface area contributed by atoms with Crippen LogP contribution >= 0.6 is 0 Å². The fraction of sp³-hybridized carbons (Fsp3) is 0.682. The molecular formula is C22H36N4O3. The van der Waals surface area contributed by atoms with E-state index >= 15 is 0 Å². The van der Waals surface area contributed by atoms with Crippen LogP contribution in [0.3, 0.4) is 0 Å². The Kier molecular flexibility index (Phi) is 8.00. The van der Waals surface area contributed by atoms with Crippen LogP contribution in [-0.2, 0) is 6.54 Å². The Morgan fingerprint density at radius 3 is 2.55 bits per heavy atom. The average Bonchev–Trinajstić information content (AvgIpc) is 3.34. The number of aliphatic imine (C=N–C) groups is 1. The molecular weight excluding hydrogens is 368 g/mol. The lowest BCUT2D eigenvalue weighted by atomic mass is 10.1. The monoisotopic (exact) mass is 404 g/mol. The number of hydrogen-bond acceptors (Lipinski definition) is 5. The van der Waals surface area contributed by atoms with Crippen molar-refractivity contribution in [2.45, 2.75) is 51.3 Å². The number of likely N-dealkylation sites (tertiary alicyclic amines) is 1. The van der Waals surface area contributed by atoms with Crippen LogP contribution in [0.1, 0.15) is 38.2 Å². The van der Waals surface area contributed by atoms with E-state index in [1.165, 1.54) is 5.56 Å². The van der Waals surface area contributed by atoms with Gasteiger partial charge < -0.3 is 25.2 Å². The summed E-state index contributed by atoms with van der Waals surface area (Å²) in [6.45, 7) is 6.48. The van der Waals surface area contributed by atoms with Gasteiger partial charge in [-0.15, -0.1) is 0 Å². The second-order valence-corrected chi connectivity index (χ2v) is 8.06. The summed E-state index contributed by atoms with van der Waals surface area (Å²) in [6, 6.07) is 6.41. The zero-order valence-corrected chi connectivity index (χ0v) is 18.0. The van der Waals surface area contributed by atoms with Crippen LogP contribution in [0.4, 0.5) is 0 Å². The highest BCUT2D eigenvalue weighted by molar-refractivity contribution is 5.80. The zero-order chi connectivity index (χ0) is 20.6.